The minimum absolute atomic E-state index is 0.308. The first-order valence-electron chi connectivity index (χ1n) is 5.81. The molecule has 1 aromatic rings. The van der Waals surface area contributed by atoms with E-state index in [9.17, 15) is 0 Å². The summed E-state index contributed by atoms with van der Waals surface area (Å²) >= 11 is 9.65. The number of rotatable bonds is 4. The van der Waals surface area contributed by atoms with Crippen molar-refractivity contribution >= 4 is 34.7 Å². The van der Waals surface area contributed by atoms with Crippen LogP contribution in [0.2, 0.25) is 4.34 Å². The molecular formula is C12H18ClNS2. The first-order valence-corrected chi connectivity index (χ1v) is 8.16. The van der Waals surface area contributed by atoms with Crippen molar-refractivity contribution in [2.24, 2.45) is 11.7 Å². The monoisotopic (exact) mass is 275 g/mol. The van der Waals surface area contributed by atoms with Gasteiger partial charge in [-0.25, -0.2) is 0 Å². The SMILES string of the molecule is NC(Cc1ccc(Cl)s1)CC1CCSCC1. The van der Waals surface area contributed by atoms with E-state index in [1.807, 2.05) is 6.07 Å². The molecule has 1 aliphatic rings. The van der Waals surface area contributed by atoms with E-state index < -0.39 is 0 Å². The van der Waals surface area contributed by atoms with E-state index in [1.54, 1.807) is 11.3 Å². The lowest BCUT2D eigenvalue weighted by atomic mass is 9.93. The summed E-state index contributed by atoms with van der Waals surface area (Å²) in [7, 11) is 0. The van der Waals surface area contributed by atoms with Gasteiger partial charge >= 0.3 is 0 Å². The summed E-state index contributed by atoms with van der Waals surface area (Å²) in [6, 6.07) is 4.37. The Morgan fingerprint density at radius 3 is 2.75 bits per heavy atom. The van der Waals surface area contributed by atoms with Crippen molar-refractivity contribution in [2.75, 3.05) is 11.5 Å². The van der Waals surface area contributed by atoms with Gasteiger partial charge in [0, 0.05) is 10.9 Å². The molecule has 2 rings (SSSR count). The maximum Gasteiger partial charge on any atom is 0.0931 e. The molecule has 2 heterocycles. The van der Waals surface area contributed by atoms with Crippen LogP contribution in [-0.4, -0.2) is 17.5 Å². The summed E-state index contributed by atoms with van der Waals surface area (Å²) in [5, 5.41) is 0. The lowest BCUT2D eigenvalue weighted by molar-refractivity contribution is 0.407. The van der Waals surface area contributed by atoms with Crippen molar-refractivity contribution in [3.8, 4) is 0 Å². The van der Waals surface area contributed by atoms with Crippen LogP contribution in [0.1, 0.15) is 24.1 Å². The Labute approximate surface area is 111 Å². The molecule has 0 bridgehead atoms. The van der Waals surface area contributed by atoms with Gasteiger partial charge in [-0.15, -0.1) is 11.3 Å². The lowest BCUT2D eigenvalue weighted by Crippen LogP contribution is -2.27. The molecular weight excluding hydrogens is 258 g/mol. The molecule has 1 nitrogen and oxygen atoms in total. The highest BCUT2D eigenvalue weighted by Gasteiger charge is 2.17. The van der Waals surface area contributed by atoms with Gasteiger partial charge in [0.15, 0.2) is 0 Å². The molecule has 1 aromatic heterocycles. The molecule has 1 fully saturated rings. The van der Waals surface area contributed by atoms with Crippen LogP contribution in [-0.2, 0) is 6.42 Å². The van der Waals surface area contributed by atoms with Crippen molar-refractivity contribution < 1.29 is 0 Å². The zero-order chi connectivity index (χ0) is 11.4. The zero-order valence-corrected chi connectivity index (χ0v) is 11.7. The highest BCUT2D eigenvalue weighted by Crippen LogP contribution is 2.28. The Morgan fingerprint density at radius 2 is 2.12 bits per heavy atom. The fourth-order valence-electron chi connectivity index (χ4n) is 2.21. The van der Waals surface area contributed by atoms with Gasteiger partial charge < -0.3 is 5.73 Å². The fraction of sp³-hybridized carbons (Fsp3) is 0.667. The fourth-order valence-corrected chi connectivity index (χ4v) is 4.60. The maximum atomic E-state index is 6.20. The van der Waals surface area contributed by atoms with Crippen molar-refractivity contribution in [1.82, 2.24) is 0 Å². The second-order valence-corrected chi connectivity index (χ2v) is 7.49. The summed E-state index contributed by atoms with van der Waals surface area (Å²) in [5.74, 6) is 3.50. The molecule has 2 N–H and O–H groups in total. The molecule has 90 valence electrons. The van der Waals surface area contributed by atoms with Gasteiger partial charge in [-0.1, -0.05) is 11.6 Å². The van der Waals surface area contributed by atoms with Crippen molar-refractivity contribution in [3.63, 3.8) is 0 Å². The highest BCUT2D eigenvalue weighted by atomic mass is 35.5. The summed E-state index contributed by atoms with van der Waals surface area (Å²) in [4.78, 5) is 1.32. The molecule has 0 spiro atoms. The summed E-state index contributed by atoms with van der Waals surface area (Å²) < 4.78 is 0.872. The molecule has 0 aromatic carbocycles. The van der Waals surface area contributed by atoms with Crippen molar-refractivity contribution in [2.45, 2.75) is 31.7 Å². The number of hydrogen-bond donors (Lipinski definition) is 1. The average Bonchev–Trinajstić information content (AvgIpc) is 2.65. The summed E-state index contributed by atoms with van der Waals surface area (Å²) in [5.41, 5.74) is 6.20. The number of halogens is 1. The molecule has 16 heavy (non-hydrogen) atoms. The maximum absolute atomic E-state index is 6.20. The second-order valence-electron chi connectivity index (χ2n) is 4.46. The van der Waals surface area contributed by atoms with Gasteiger partial charge in [0.1, 0.15) is 0 Å². The van der Waals surface area contributed by atoms with E-state index in [1.165, 1.54) is 35.6 Å². The van der Waals surface area contributed by atoms with Crippen LogP contribution in [0.4, 0.5) is 0 Å². The van der Waals surface area contributed by atoms with Crippen LogP contribution in [0.3, 0.4) is 0 Å². The van der Waals surface area contributed by atoms with Crippen molar-refractivity contribution in [3.05, 3.63) is 21.3 Å². The normalized spacial score (nSPS) is 19.9. The Hall–Kier alpha value is 0.300. The molecule has 0 amide bonds. The molecule has 1 atom stereocenters. The molecule has 0 radical (unpaired) electrons. The van der Waals surface area contributed by atoms with Crippen molar-refractivity contribution in [1.29, 1.82) is 0 Å². The van der Waals surface area contributed by atoms with Crippen LogP contribution >= 0.6 is 34.7 Å². The molecule has 1 aliphatic heterocycles. The smallest absolute Gasteiger partial charge is 0.0931 e. The van der Waals surface area contributed by atoms with E-state index in [2.05, 4.69) is 17.8 Å². The predicted octanol–water partition coefficient (Wildman–Crippen LogP) is 3.80. The van der Waals surface area contributed by atoms with E-state index in [0.29, 0.717) is 6.04 Å². The highest BCUT2D eigenvalue weighted by molar-refractivity contribution is 7.99. The van der Waals surface area contributed by atoms with Crippen LogP contribution in [0.5, 0.6) is 0 Å². The predicted molar refractivity (Wildman–Crippen MR) is 75.7 cm³/mol. The van der Waals surface area contributed by atoms with Crippen LogP contribution in [0.25, 0.3) is 0 Å². The first-order chi connectivity index (χ1) is 7.74. The number of hydrogen-bond acceptors (Lipinski definition) is 3. The number of thiophene rings is 1. The largest absolute Gasteiger partial charge is 0.327 e. The van der Waals surface area contributed by atoms with Gasteiger partial charge in [0.05, 0.1) is 4.34 Å². The molecule has 4 heteroatoms. The minimum Gasteiger partial charge on any atom is -0.327 e. The van der Waals surface area contributed by atoms with Crippen LogP contribution in [0.15, 0.2) is 12.1 Å². The average molecular weight is 276 g/mol. The first kappa shape index (κ1) is 12.7. The number of thioether (sulfide) groups is 1. The third-order valence-electron chi connectivity index (χ3n) is 3.07. The molecule has 0 saturated carbocycles. The lowest BCUT2D eigenvalue weighted by Gasteiger charge is -2.24. The molecule has 0 aliphatic carbocycles. The third-order valence-corrected chi connectivity index (χ3v) is 5.37. The summed E-state index contributed by atoms with van der Waals surface area (Å²) in [6.45, 7) is 0. The Balaban J connectivity index is 1.77. The zero-order valence-electron chi connectivity index (χ0n) is 9.32. The summed E-state index contributed by atoms with van der Waals surface area (Å²) in [6.07, 6.45) is 4.87. The Kier molecular flexibility index (Phi) is 5.01. The minimum atomic E-state index is 0.308. The Morgan fingerprint density at radius 1 is 1.38 bits per heavy atom. The molecule has 1 saturated heterocycles. The van der Waals surface area contributed by atoms with E-state index in [-0.39, 0.29) is 0 Å². The molecule has 1 unspecified atom stereocenters. The topological polar surface area (TPSA) is 26.0 Å². The number of nitrogens with two attached hydrogens (primary N) is 1. The van der Waals surface area contributed by atoms with Gasteiger partial charge in [0.2, 0.25) is 0 Å². The van der Waals surface area contributed by atoms with Gasteiger partial charge in [-0.2, -0.15) is 11.8 Å². The van der Waals surface area contributed by atoms with E-state index in [4.69, 9.17) is 17.3 Å². The van der Waals surface area contributed by atoms with Crippen LogP contribution < -0.4 is 5.73 Å². The quantitative estimate of drug-likeness (QED) is 0.904. The van der Waals surface area contributed by atoms with Gasteiger partial charge in [-0.3, -0.25) is 0 Å². The van der Waals surface area contributed by atoms with E-state index in [0.717, 1.165) is 16.7 Å². The van der Waals surface area contributed by atoms with Gasteiger partial charge in [-0.05, 0) is 55.2 Å². The third kappa shape index (κ3) is 3.95. The Bertz CT molecular complexity index is 321. The van der Waals surface area contributed by atoms with E-state index >= 15 is 0 Å². The van der Waals surface area contributed by atoms with Gasteiger partial charge in [0.25, 0.3) is 0 Å². The standard InChI is InChI=1S/C12H18ClNS2/c13-12-2-1-11(16-12)8-10(14)7-9-3-5-15-6-4-9/h1-2,9-10H,3-8,14H2. The van der Waals surface area contributed by atoms with Crippen LogP contribution in [0, 0.1) is 5.92 Å². The second kappa shape index (κ2) is 6.29.